The lowest BCUT2D eigenvalue weighted by atomic mass is 10.1. The molecule has 4 aromatic rings. The lowest BCUT2D eigenvalue weighted by molar-refractivity contribution is 0.0949. The average molecular weight is 389 g/mol. The summed E-state index contributed by atoms with van der Waals surface area (Å²) in [5.41, 5.74) is 3.05. The van der Waals surface area contributed by atoms with E-state index < -0.39 is 0 Å². The van der Waals surface area contributed by atoms with Gasteiger partial charge in [0.2, 0.25) is 0 Å². The van der Waals surface area contributed by atoms with Crippen LogP contribution in [0.15, 0.2) is 79.1 Å². The van der Waals surface area contributed by atoms with E-state index in [1.54, 1.807) is 30.3 Å². The number of nitrogens with zero attached hydrogens (tertiary/aromatic N) is 2. The zero-order chi connectivity index (χ0) is 20.1. The fraction of sp³-hybridized carbons (Fsp3) is 0.130. The fourth-order valence-corrected chi connectivity index (χ4v) is 3.06. The number of aromatic nitrogens is 2. The molecule has 0 atom stereocenters. The molecule has 0 aliphatic carbocycles. The maximum atomic E-state index is 13.0. The minimum atomic E-state index is -0.269. The Morgan fingerprint density at radius 1 is 1.03 bits per heavy atom. The van der Waals surface area contributed by atoms with Crippen molar-refractivity contribution in [3.63, 3.8) is 0 Å². The van der Waals surface area contributed by atoms with Crippen molar-refractivity contribution in [3.05, 3.63) is 102 Å². The molecule has 0 fully saturated rings. The maximum Gasteiger partial charge on any atom is 0.255 e. The summed E-state index contributed by atoms with van der Waals surface area (Å²) >= 11 is 0. The van der Waals surface area contributed by atoms with Crippen LogP contribution in [0.5, 0.6) is 5.75 Å². The molecule has 0 aliphatic heterocycles. The van der Waals surface area contributed by atoms with Crippen LogP contribution < -0.4 is 10.1 Å². The fourth-order valence-electron chi connectivity index (χ4n) is 3.06. The number of benzene rings is 2. The minimum absolute atomic E-state index is 0.210. The first-order chi connectivity index (χ1) is 14.2. The van der Waals surface area contributed by atoms with Crippen LogP contribution in [0.1, 0.15) is 21.6 Å². The van der Waals surface area contributed by atoms with Crippen molar-refractivity contribution in [2.75, 3.05) is 6.54 Å². The summed E-state index contributed by atoms with van der Waals surface area (Å²) in [5.74, 6) is 0.0241. The summed E-state index contributed by atoms with van der Waals surface area (Å²) in [4.78, 5) is 17.1. The first-order valence-electron chi connectivity index (χ1n) is 9.36. The van der Waals surface area contributed by atoms with E-state index in [1.165, 1.54) is 12.1 Å². The van der Waals surface area contributed by atoms with Crippen molar-refractivity contribution in [2.45, 2.75) is 13.0 Å². The van der Waals surface area contributed by atoms with Gasteiger partial charge in [-0.25, -0.2) is 9.37 Å². The minimum Gasteiger partial charge on any atom is -0.486 e. The van der Waals surface area contributed by atoms with Crippen LogP contribution in [-0.2, 0) is 13.0 Å². The zero-order valence-electron chi connectivity index (χ0n) is 15.7. The number of carbonyl (C=O) groups excluding carboxylic acids is 1. The van der Waals surface area contributed by atoms with Gasteiger partial charge in [-0.2, -0.15) is 0 Å². The molecule has 6 heteroatoms. The van der Waals surface area contributed by atoms with Crippen LogP contribution in [0.3, 0.4) is 0 Å². The average Bonchev–Trinajstić information content (AvgIpc) is 3.17. The number of imidazole rings is 1. The van der Waals surface area contributed by atoms with Crippen molar-refractivity contribution in [3.8, 4) is 5.75 Å². The number of hydrogen-bond acceptors (Lipinski definition) is 3. The highest BCUT2D eigenvalue weighted by Gasteiger charge is 2.12. The monoisotopic (exact) mass is 389 g/mol. The predicted octanol–water partition coefficient (Wildman–Crippen LogP) is 4.02. The third-order valence-corrected chi connectivity index (χ3v) is 4.53. The first kappa shape index (κ1) is 18.7. The van der Waals surface area contributed by atoms with Gasteiger partial charge in [-0.05, 0) is 48.4 Å². The Morgan fingerprint density at radius 2 is 1.83 bits per heavy atom. The number of halogens is 1. The molecule has 5 nitrogen and oxygen atoms in total. The second-order valence-electron chi connectivity index (χ2n) is 6.62. The number of nitrogens with one attached hydrogen (secondary N) is 1. The molecule has 0 saturated carbocycles. The van der Waals surface area contributed by atoms with E-state index in [1.807, 2.05) is 41.1 Å². The number of amides is 1. The Kier molecular flexibility index (Phi) is 5.52. The molecule has 0 bridgehead atoms. The second-order valence-corrected chi connectivity index (χ2v) is 6.62. The maximum absolute atomic E-state index is 13.0. The molecular weight excluding hydrogens is 369 g/mol. The molecule has 0 saturated heterocycles. The molecule has 1 N–H and O–H groups in total. The first-order valence-corrected chi connectivity index (χ1v) is 9.36. The van der Waals surface area contributed by atoms with Crippen LogP contribution >= 0.6 is 0 Å². The van der Waals surface area contributed by atoms with Crippen molar-refractivity contribution in [1.29, 1.82) is 0 Å². The molecule has 0 unspecified atom stereocenters. The molecule has 0 aliphatic rings. The number of para-hydroxylation sites is 1. The van der Waals surface area contributed by atoms with Gasteiger partial charge in [0.05, 0.1) is 11.3 Å². The molecule has 2 heterocycles. The van der Waals surface area contributed by atoms with Crippen LogP contribution in [0.25, 0.3) is 5.65 Å². The van der Waals surface area contributed by atoms with Crippen LogP contribution in [0, 0.1) is 5.82 Å². The van der Waals surface area contributed by atoms with Gasteiger partial charge in [0.15, 0.2) is 0 Å². The molecule has 29 heavy (non-hydrogen) atoms. The third kappa shape index (κ3) is 4.60. The summed E-state index contributed by atoms with van der Waals surface area (Å²) in [6.45, 7) is 0.715. The largest absolute Gasteiger partial charge is 0.486 e. The molecule has 2 aromatic carbocycles. The van der Waals surface area contributed by atoms with E-state index in [4.69, 9.17) is 4.74 Å². The number of ether oxygens (including phenoxy) is 1. The second kappa shape index (κ2) is 8.56. The molecule has 2 aromatic heterocycles. The van der Waals surface area contributed by atoms with Gasteiger partial charge < -0.3 is 14.5 Å². The van der Waals surface area contributed by atoms with E-state index in [9.17, 15) is 9.18 Å². The Bertz CT molecular complexity index is 1090. The number of carbonyl (C=O) groups is 1. The summed E-state index contributed by atoms with van der Waals surface area (Å²) in [5, 5.41) is 2.89. The predicted molar refractivity (Wildman–Crippen MR) is 108 cm³/mol. The van der Waals surface area contributed by atoms with E-state index in [0.29, 0.717) is 24.3 Å². The molecule has 146 valence electrons. The Labute approximate surface area is 167 Å². The van der Waals surface area contributed by atoms with Gasteiger partial charge in [0.1, 0.15) is 23.8 Å². The highest BCUT2D eigenvalue weighted by molar-refractivity contribution is 5.96. The molecular formula is C23H20FN3O2. The smallest absolute Gasteiger partial charge is 0.255 e. The van der Waals surface area contributed by atoms with Gasteiger partial charge in [0.25, 0.3) is 5.91 Å². The highest BCUT2D eigenvalue weighted by Crippen LogP contribution is 2.19. The quantitative estimate of drug-likeness (QED) is 0.519. The van der Waals surface area contributed by atoms with Crippen LogP contribution in [-0.4, -0.2) is 21.8 Å². The summed E-state index contributed by atoms with van der Waals surface area (Å²) in [6, 6.07) is 19.2. The Morgan fingerprint density at radius 3 is 2.66 bits per heavy atom. The van der Waals surface area contributed by atoms with Crippen molar-refractivity contribution < 1.29 is 13.9 Å². The van der Waals surface area contributed by atoms with E-state index in [-0.39, 0.29) is 18.3 Å². The summed E-state index contributed by atoms with van der Waals surface area (Å²) in [7, 11) is 0. The highest BCUT2D eigenvalue weighted by atomic mass is 19.1. The normalized spacial score (nSPS) is 10.8. The van der Waals surface area contributed by atoms with Gasteiger partial charge >= 0.3 is 0 Å². The lowest BCUT2D eigenvalue weighted by Gasteiger charge is -2.11. The zero-order valence-corrected chi connectivity index (χ0v) is 15.7. The van der Waals surface area contributed by atoms with E-state index in [2.05, 4.69) is 10.3 Å². The number of pyridine rings is 1. The van der Waals surface area contributed by atoms with Crippen LogP contribution in [0.2, 0.25) is 0 Å². The van der Waals surface area contributed by atoms with E-state index >= 15 is 0 Å². The lowest BCUT2D eigenvalue weighted by Crippen LogP contribution is -2.26. The molecule has 4 rings (SSSR count). The van der Waals surface area contributed by atoms with Gasteiger partial charge in [-0.3, -0.25) is 4.79 Å². The number of fused-ring (bicyclic) bond motifs is 1. The van der Waals surface area contributed by atoms with Gasteiger partial charge in [-0.15, -0.1) is 0 Å². The molecule has 0 spiro atoms. The Balaban J connectivity index is 1.37. The summed E-state index contributed by atoms with van der Waals surface area (Å²) in [6.07, 6.45) is 4.45. The molecule has 0 radical (unpaired) electrons. The van der Waals surface area contributed by atoms with Gasteiger partial charge in [-0.1, -0.05) is 30.3 Å². The van der Waals surface area contributed by atoms with E-state index in [0.717, 1.165) is 16.9 Å². The number of rotatable bonds is 7. The van der Waals surface area contributed by atoms with Crippen molar-refractivity contribution >= 4 is 11.6 Å². The van der Waals surface area contributed by atoms with Crippen molar-refractivity contribution in [2.24, 2.45) is 0 Å². The summed E-state index contributed by atoms with van der Waals surface area (Å²) < 4.78 is 20.8. The van der Waals surface area contributed by atoms with Gasteiger partial charge in [0, 0.05) is 18.9 Å². The topological polar surface area (TPSA) is 55.6 Å². The standard InChI is InChI=1S/C23H20FN3O2/c24-18-10-8-17(9-11-18)12-13-25-23(28)20-5-1-2-6-21(20)29-16-19-15-27-14-4-3-7-22(27)26-19/h1-11,14-15H,12-13,16H2,(H,25,28). The SMILES string of the molecule is O=C(NCCc1ccc(F)cc1)c1ccccc1OCc1cn2ccccc2n1. The van der Waals surface area contributed by atoms with Crippen LogP contribution in [0.4, 0.5) is 4.39 Å². The Hall–Kier alpha value is -3.67. The molecule has 1 amide bonds. The third-order valence-electron chi connectivity index (χ3n) is 4.53. The van der Waals surface area contributed by atoms with Crippen molar-refractivity contribution in [1.82, 2.24) is 14.7 Å². The number of hydrogen-bond donors (Lipinski definition) is 1.